The second-order valence-electron chi connectivity index (χ2n) is 5.96. The van der Waals surface area contributed by atoms with E-state index in [9.17, 15) is 14.0 Å². The van der Waals surface area contributed by atoms with Crippen molar-refractivity contribution in [3.63, 3.8) is 0 Å². The van der Waals surface area contributed by atoms with E-state index in [1.807, 2.05) is 6.07 Å². The summed E-state index contributed by atoms with van der Waals surface area (Å²) in [6, 6.07) is 8.57. The van der Waals surface area contributed by atoms with Gasteiger partial charge in [-0.25, -0.2) is 9.18 Å². The Labute approximate surface area is 149 Å². The number of benzene rings is 1. The van der Waals surface area contributed by atoms with E-state index in [4.69, 9.17) is 5.26 Å². The first kappa shape index (κ1) is 17.4. The molecule has 1 aliphatic rings. The normalized spacial score (nSPS) is 14.0. The molecule has 0 saturated carbocycles. The molecule has 1 aromatic carbocycles. The maximum Gasteiger partial charge on any atom is 0.322 e. The molecule has 2 heterocycles. The molecule has 7 nitrogen and oxygen atoms in total. The van der Waals surface area contributed by atoms with Crippen molar-refractivity contribution >= 4 is 17.6 Å². The monoisotopic (exact) mass is 353 g/mol. The summed E-state index contributed by atoms with van der Waals surface area (Å²) in [5.74, 6) is -0.761. The van der Waals surface area contributed by atoms with Crippen molar-refractivity contribution in [1.82, 2.24) is 15.2 Å². The van der Waals surface area contributed by atoms with E-state index in [0.717, 1.165) is 0 Å². The predicted molar refractivity (Wildman–Crippen MR) is 91.3 cm³/mol. The Hall–Kier alpha value is -3.47. The van der Waals surface area contributed by atoms with Crippen LogP contribution in [0.15, 0.2) is 36.5 Å². The number of hydrogen-bond acceptors (Lipinski definition) is 4. The SMILES string of the molecule is C[C@@H](NC(=O)CN1Cc2cc(F)ccc2NC1=O)c1ccc(C#N)cn1. The number of aromatic nitrogens is 1. The minimum Gasteiger partial charge on any atom is -0.346 e. The van der Waals surface area contributed by atoms with Gasteiger partial charge in [-0.3, -0.25) is 9.78 Å². The molecule has 2 aromatic rings. The van der Waals surface area contributed by atoms with Crippen molar-refractivity contribution in [3.05, 3.63) is 59.2 Å². The third kappa shape index (κ3) is 3.78. The fraction of sp³-hybridized carbons (Fsp3) is 0.222. The Morgan fingerprint density at radius 3 is 2.96 bits per heavy atom. The first-order valence-corrected chi connectivity index (χ1v) is 7.96. The highest BCUT2D eigenvalue weighted by Crippen LogP contribution is 2.23. The smallest absolute Gasteiger partial charge is 0.322 e. The lowest BCUT2D eigenvalue weighted by molar-refractivity contribution is -0.122. The topological polar surface area (TPSA) is 98.1 Å². The largest absolute Gasteiger partial charge is 0.346 e. The van der Waals surface area contributed by atoms with Crippen molar-refractivity contribution < 1.29 is 14.0 Å². The van der Waals surface area contributed by atoms with E-state index < -0.39 is 11.8 Å². The molecule has 8 heteroatoms. The lowest BCUT2D eigenvalue weighted by Gasteiger charge is -2.29. The zero-order valence-electron chi connectivity index (χ0n) is 14.0. The predicted octanol–water partition coefficient (Wildman–Crippen LogP) is 2.32. The van der Waals surface area contributed by atoms with E-state index in [1.165, 1.54) is 29.3 Å². The Morgan fingerprint density at radius 2 is 2.27 bits per heavy atom. The molecular formula is C18H16FN5O2. The van der Waals surface area contributed by atoms with Crippen molar-refractivity contribution in [3.8, 4) is 6.07 Å². The number of amides is 3. The fourth-order valence-electron chi connectivity index (χ4n) is 2.68. The molecule has 3 rings (SSSR count). The zero-order chi connectivity index (χ0) is 18.7. The zero-order valence-corrected chi connectivity index (χ0v) is 14.0. The Bertz CT molecular complexity index is 891. The number of rotatable bonds is 4. The molecule has 132 valence electrons. The molecule has 26 heavy (non-hydrogen) atoms. The number of carbonyl (C=O) groups is 2. The molecule has 0 radical (unpaired) electrons. The third-order valence-electron chi connectivity index (χ3n) is 4.03. The van der Waals surface area contributed by atoms with Gasteiger partial charge < -0.3 is 15.5 Å². The number of nitrogens with one attached hydrogen (secondary N) is 2. The molecule has 0 aliphatic carbocycles. The molecule has 3 amide bonds. The van der Waals surface area contributed by atoms with Gasteiger partial charge in [-0.15, -0.1) is 0 Å². The Balaban J connectivity index is 1.62. The van der Waals surface area contributed by atoms with Gasteiger partial charge in [-0.1, -0.05) is 0 Å². The summed E-state index contributed by atoms with van der Waals surface area (Å²) in [5.41, 5.74) is 2.19. The number of pyridine rings is 1. The van der Waals surface area contributed by atoms with Crippen molar-refractivity contribution in [1.29, 1.82) is 5.26 Å². The second kappa shape index (κ2) is 7.19. The highest BCUT2D eigenvalue weighted by molar-refractivity contribution is 5.94. The summed E-state index contributed by atoms with van der Waals surface area (Å²) in [7, 11) is 0. The number of anilines is 1. The van der Waals surface area contributed by atoms with E-state index in [1.54, 1.807) is 19.1 Å². The van der Waals surface area contributed by atoms with Gasteiger partial charge in [0, 0.05) is 11.9 Å². The van der Waals surface area contributed by atoms with Gasteiger partial charge in [-0.05, 0) is 42.8 Å². The number of fused-ring (bicyclic) bond motifs is 1. The lowest BCUT2D eigenvalue weighted by Crippen LogP contribution is -2.45. The summed E-state index contributed by atoms with van der Waals surface area (Å²) < 4.78 is 13.4. The average Bonchev–Trinajstić information content (AvgIpc) is 2.62. The van der Waals surface area contributed by atoms with Crippen molar-refractivity contribution in [2.45, 2.75) is 19.5 Å². The average molecular weight is 353 g/mol. The van der Waals surface area contributed by atoms with Gasteiger partial charge in [0.2, 0.25) is 5.91 Å². The van der Waals surface area contributed by atoms with Crippen LogP contribution in [0.5, 0.6) is 0 Å². The first-order chi connectivity index (χ1) is 12.5. The van der Waals surface area contributed by atoms with Crippen LogP contribution in [-0.4, -0.2) is 28.4 Å². The van der Waals surface area contributed by atoms with Gasteiger partial charge in [0.15, 0.2) is 0 Å². The maximum atomic E-state index is 13.4. The fourth-order valence-corrected chi connectivity index (χ4v) is 2.68. The molecule has 0 spiro atoms. The van der Waals surface area contributed by atoms with Crippen LogP contribution >= 0.6 is 0 Å². The van der Waals surface area contributed by atoms with Crippen LogP contribution in [-0.2, 0) is 11.3 Å². The summed E-state index contributed by atoms with van der Waals surface area (Å²) >= 11 is 0. The maximum absolute atomic E-state index is 13.4. The van der Waals surface area contributed by atoms with Crippen LogP contribution in [0.2, 0.25) is 0 Å². The number of urea groups is 1. The molecule has 1 aromatic heterocycles. The third-order valence-corrected chi connectivity index (χ3v) is 4.03. The second-order valence-corrected chi connectivity index (χ2v) is 5.96. The number of carbonyl (C=O) groups excluding carboxylic acids is 2. The van der Waals surface area contributed by atoms with E-state index >= 15 is 0 Å². The van der Waals surface area contributed by atoms with E-state index in [2.05, 4.69) is 15.6 Å². The summed E-state index contributed by atoms with van der Waals surface area (Å²) in [6.45, 7) is 1.74. The van der Waals surface area contributed by atoms with Gasteiger partial charge in [0.25, 0.3) is 0 Å². The van der Waals surface area contributed by atoms with Crippen LogP contribution in [0.25, 0.3) is 0 Å². The van der Waals surface area contributed by atoms with Gasteiger partial charge in [-0.2, -0.15) is 5.26 Å². The molecule has 1 atom stereocenters. The number of nitriles is 1. The van der Waals surface area contributed by atoms with Crippen LogP contribution in [0, 0.1) is 17.1 Å². The molecule has 1 aliphatic heterocycles. The Kier molecular flexibility index (Phi) is 4.80. The summed E-state index contributed by atoms with van der Waals surface area (Å²) in [4.78, 5) is 29.8. The van der Waals surface area contributed by atoms with Crippen LogP contribution in [0.4, 0.5) is 14.9 Å². The summed E-state index contributed by atoms with van der Waals surface area (Å²) in [6.07, 6.45) is 1.43. The van der Waals surface area contributed by atoms with Crippen LogP contribution < -0.4 is 10.6 Å². The van der Waals surface area contributed by atoms with Gasteiger partial charge in [0.05, 0.1) is 23.8 Å². The molecular weight excluding hydrogens is 337 g/mol. The van der Waals surface area contributed by atoms with Crippen molar-refractivity contribution in [2.24, 2.45) is 0 Å². The lowest BCUT2D eigenvalue weighted by atomic mass is 10.1. The number of halogens is 1. The highest BCUT2D eigenvalue weighted by Gasteiger charge is 2.25. The molecule has 0 fully saturated rings. The van der Waals surface area contributed by atoms with Gasteiger partial charge >= 0.3 is 6.03 Å². The Morgan fingerprint density at radius 1 is 1.46 bits per heavy atom. The minimum absolute atomic E-state index is 0.149. The van der Waals surface area contributed by atoms with E-state index in [0.29, 0.717) is 22.5 Å². The molecule has 2 N–H and O–H groups in total. The standard InChI is InChI=1S/C18H16FN5O2/c1-11(15-4-2-12(7-20)8-21-15)22-17(25)10-24-9-13-6-14(19)3-5-16(13)23-18(24)26/h2-6,8,11H,9-10H2,1H3,(H,22,25)(H,23,26)/t11-/m1/s1. The summed E-state index contributed by atoms with van der Waals surface area (Å²) in [5, 5.41) is 14.2. The molecule has 0 saturated heterocycles. The number of hydrogen-bond donors (Lipinski definition) is 2. The number of nitrogens with zero attached hydrogens (tertiary/aromatic N) is 3. The van der Waals surface area contributed by atoms with Gasteiger partial charge in [0.1, 0.15) is 18.4 Å². The van der Waals surface area contributed by atoms with Crippen LogP contribution in [0.3, 0.4) is 0 Å². The highest BCUT2D eigenvalue weighted by atomic mass is 19.1. The first-order valence-electron chi connectivity index (χ1n) is 7.96. The van der Waals surface area contributed by atoms with E-state index in [-0.39, 0.29) is 25.0 Å². The molecule has 0 unspecified atom stereocenters. The molecule has 0 bridgehead atoms. The van der Waals surface area contributed by atoms with Crippen LogP contribution in [0.1, 0.15) is 29.8 Å². The quantitative estimate of drug-likeness (QED) is 0.881. The van der Waals surface area contributed by atoms with Crippen molar-refractivity contribution in [2.75, 3.05) is 11.9 Å². The minimum atomic E-state index is -0.414.